The molecule has 0 amide bonds. The minimum atomic E-state index is 0.387. The van der Waals surface area contributed by atoms with Crippen LogP contribution in [0.5, 0.6) is 11.6 Å². The number of rotatable bonds is 7. The maximum atomic E-state index is 8.85. The van der Waals surface area contributed by atoms with E-state index in [9.17, 15) is 0 Å². The molecule has 2 aromatic heterocycles. The Hall–Kier alpha value is -4.09. The lowest BCUT2D eigenvalue weighted by Gasteiger charge is -2.27. The minimum absolute atomic E-state index is 0.387. The number of fused-ring (bicyclic) bond motifs is 1. The number of pyridine rings is 1. The van der Waals surface area contributed by atoms with Crippen molar-refractivity contribution in [1.82, 2.24) is 14.5 Å². The highest BCUT2D eigenvalue weighted by Crippen LogP contribution is 2.24. The van der Waals surface area contributed by atoms with E-state index < -0.39 is 0 Å². The quantitative estimate of drug-likeness (QED) is 0.460. The number of nitriles is 1. The van der Waals surface area contributed by atoms with Crippen LogP contribution in [-0.2, 0) is 18.3 Å². The van der Waals surface area contributed by atoms with Crippen molar-refractivity contribution in [3.05, 3.63) is 71.9 Å². The number of aryl methyl sites for hydroxylation is 1. The van der Waals surface area contributed by atoms with Crippen molar-refractivity contribution < 1.29 is 9.47 Å². The van der Waals surface area contributed by atoms with Gasteiger partial charge in [-0.1, -0.05) is 12.1 Å². The van der Waals surface area contributed by atoms with Crippen molar-refractivity contribution >= 4 is 22.7 Å². The topological polar surface area (TPSA) is 97.0 Å². The van der Waals surface area contributed by atoms with Gasteiger partial charge in [0.25, 0.3) is 0 Å². The van der Waals surface area contributed by atoms with Gasteiger partial charge in [0.05, 0.1) is 35.9 Å². The summed E-state index contributed by atoms with van der Waals surface area (Å²) < 4.78 is 13.0. The van der Waals surface area contributed by atoms with Gasteiger partial charge in [-0.3, -0.25) is 0 Å². The molecule has 0 aliphatic carbocycles. The van der Waals surface area contributed by atoms with Crippen molar-refractivity contribution in [2.75, 3.05) is 23.8 Å². The number of ether oxygens (including phenoxy) is 2. The van der Waals surface area contributed by atoms with Crippen LogP contribution in [0.4, 0.5) is 11.6 Å². The van der Waals surface area contributed by atoms with Crippen LogP contribution in [0, 0.1) is 11.3 Å². The number of benzene rings is 2. The molecule has 2 aromatic carbocycles. The highest BCUT2D eigenvalue weighted by Gasteiger charge is 2.18. The van der Waals surface area contributed by atoms with E-state index in [1.165, 1.54) is 6.20 Å². The Balaban J connectivity index is 1.22. The maximum Gasteiger partial charge on any atom is 0.219 e. The first-order valence-corrected chi connectivity index (χ1v) is 10.4. The zero-order valence-electron chi connectivity index (χ0n) is 17.6. The SMILES string of the molecule is Cn1c(NCc2ccc(Oc3ccc(C#N)cn3)cc2)nc2ccc(NC3COC3)cc21. The summed E-state index contributed by atoms with van der Waals surface area (Å²) in [7, 11) is 2.01. The Morgan fingerprint density at radius 1 is 1.16 bits per heavy atom. The van der Waals surface area contributed by atoms with E-state index in [2.05, 4.69) is 32.3 Å². The van der Waals surface area contributed by atoms with E-state index in [4.69, 9.17) is 19.7 Å². The fraction of sp³-hybridized carbons (Fsp3) is 0.208. The molecule has 0 atom stereocenters. The summed E-state index contributed by atoms with van der Waals surface area (Å²) in [6, 6.07) is 19.8. The molecule has 1 aliphatic heterocycles. The second-order valence-electron chi connectivity index (χ2n) is 7.67. The van der Waals surface area contributed by atoms with E-state index >= 15 is 0 Å². The van der Waals surface area contributed by atoms with Crippen molar-refractivity contribution in [2.45, 2.75) is 12.6 Å². The average Bonchev–Trinajstić information content (AvgIpc) is 3.11. The smallest absolute Gasteiger partial charge is 0.219 e. The van der Waals surface area contributed by atoms with Crippen molar-refractivity contribution in [3.8, 4) is 17.7 Å². The van der Waals surface area contributed by atoms with Gasteiger partial charge < -0.3 is 24.7 Å². The molecule has 0 bridgehead atoms. The highest BCUT2D eigenvalue weighted by molar-refractivity contribution is 5.82. The van der Waals surface area contributed by atoms with Crippen LogP contribution in [0.25, 0.3) is 11.0 Å². The fourth-order valence-corrected chi connectivity index (χ4v) is 3.48. The van der Waals surface area contributed by atoms with Gasteiger partial charge in [-0.05, 0) is 42.0 Å². The molecule has 5 rings (SSSR count). The van der Waals surface area contributed by atoms with Crippen LogP contribution in [0.2, 0.25) is 0 Å². The third-order valence-corrected chi connectivity index (χ3v) is 5.35. The van der Waals surface area contributed by atoms with E-state index in [1.54, 1.807) is 12.1 Å². The maximum absolute atomic E-state index is 8.85. The lowest BCUT2D eigenvalue weighted by Crippen LogP contribution is -2.40. The van der Waals surface area contributed by atoms with E-state index in [0.29, 0.717) is 29.8 Å². The second-order valence-corrected chi connectivity index (χ2v) is 7.67. The number of hydrogen-bond acceptors (Lipinski definition) is 7. The first-order chi connectivity index (χ1) is 15.7. The Morgan fingerprint density at radius 3 is 2.69 bits per heavy atom. The zero-order chi connectivity index (χ0) is 21.9. The van der Waals surface area contributed by atoms with Crippen LogP contribution in [0.1, 0.15) is 11.1 Å². The lowest BCUT2D eigenvalue weighted by atomic mass is 10.2. The Morgan fingerprint density at radius 2 is 2.00 bits per heavy atom. The zero-order valence-corrected chi connectivity index (χ0v) is 17.6. The summed E-state index contributed by atoms with van der Waals surface area (Å²) in [5.74, 6) is 1.95. The largest absolute Gasteiger partial charge is 0.439 e. The molecule has 0 unspecified atom stereocenters. The third kappa shape index (κ3) is 4.19. The van der Waals surface area contributed by atoms with E-state index in [-0.39, 0.29) is 0 Å². The van der Waals surface area contributed by atoms with Crippen molar-refractivity contribution in [1.29, 1.82) is 5.26 Å². The Kier molecular flexibility index (Phi) is 5.32. The summed E-state index contributed by atoms with van der Waals surface area (Å²) in [6.07, 6.45) is 1.49. The number of nitrogens with one attached hydrogen (secondary N) is 2. The highest BCUT2D eigenvalue weighted by atomic mass is 16.5. The molecular weight excluding hydrogens is 404 g/mol. The predicted molar refractivity (Wildman–Crippen MR) is 122 cm³/mol. The molecule has 32 heavy (non-hydrogen) atoms. The number of hydrogen-bond donors (Lipinski definition) is 2. The molecule has 0 spiro atoms. The summed E-state index contributed by atoms with van der Waals surface area (Å²) in [5, 5.41) is 15.7. The first-order valence-electron chi connectivity index (χ1n) is 10.4. The standard InChI is InChI=1S/C24H22N6O2/c1-30-22-10-18(28-19-14-31-15-19)5-8-21(22)29-24(30)27-12-16-2-6-20(7-3-16)32-23-9-4-17(11-25)13-26-23/h2-10,13,19,28H,12,14-15H2,1H3,(H,27,29). The minimum Gasteiger partial charge on any atom is -0.439 e. The molecule has 0 radical (unpaired) electrons. The normalized spacial score (nSPS) is 13.4. The molecule has 3 heterocycles. The summed E-state index contributed by atoms with van der Waals surface area (Å²) in [6.45, 7) is 2.14. The Bertz CT molecular complexity index is 1270. The molecule has 8 heteroatoms. The lowest BCUT2D eigenvalue weighted by molar-refractivity contribution is 0.0211. The van der Waals surface area contributed by atoms with Gasteiger partial charge in [0.2, 0.25) is 11.8 Å². The second kappa shape index (κ2) is 8.57. The molecule has 1 aliphatic rings. The van der Waals surface area contributed by atoms with Crippen LogP contribution >= 0.6 is 0 Å². The van der Waals surface area contributed by atoms with Crippen LogP contribution < -0.4 is 15.4 Å². The first kappa shape index (κ1) is 19.8. The number of imidazole rings is 1. The molecule has 4 aromatic rings. The van der Waals surface area contributed by atoms with Crippen LogP contribution in [-0.4, -0.2) is 33.8 Å². The Labute approximate surface area is 185 Å². The van der Waals surface area contributed by atoms with Crippen molar-refractivity contribution in [2.24, 2.45) is 7.05 Å². The van der Waals surface area contributed by atoms with E-state index in [1.807, 2.05) is 43.4 Å². The van der Waals surface area contributed by atoms with Gasteiger partial charge in [-0.2, -0.15) is 5.26 Å². The summed E-state index contributed by atoms with van der Waals surface area (Å²) >= 11 is 0. The number of anilines is 2. The summed E-state index contributed by atoms with van der Waals surface area (Å²) in [4.78, 5) is 8.84. The van der Waals surface area contributed by atoms with Crippen LogP contribution in [0.3, 0.4) is 0 Å². The monoisotopic (exact) mass is 426 g/mol. The van der Waals surface area contributed by atoms with E-state index in [0.717, 1.165) is 41.4 Å². The predicted octanol–water partition coefficient (Wildman–Crippen LogP) is 4.06. The molecule has 1 saturated heterocycles. The van der Waals surface area contributed by atoms with Gasteiger partial charge in [0.15, 0.2) is 0 Å². The van der Waals surface area contributed by atoms with Crippen LogP contribution in [0.15, 0.2) is 60.8 Å². The molecule has 0 saturated carbocycles. The number of nitrogens with zero attached hydrogens (tertiary/aromatic N) is 4. The molecule has 2 N–H and O–H groups in total. The molecule has 8 nitrogen and oxygen atoms in total. The van der Waals surface area contributed by atoms with Gasteiger partial charge in [0, 0.05) is 31.5 Å². The van der Waals surface area contributed by atoms with Crippen molar-refractivity contribution in [3.63, 3.8) is 0 Å². The summed E-state index contributed by atoms with van der Waals surface area (Å²) in [5.41, 5.74) is 4.69. The van der Waals surface area contributed by atoms with Gasteiger partial charge >= 0.3 is 0 Å². The fourth-order valence-electron chi connectivity index (χ4n) is 3.48. The molecular formula is C24H22N6O2. The molecule has 160 valence electrons. The number of aromatic nitrogens is 3. The van der Waals surface area contributed by atoms with Gasteiger partial charge in [-0.25, -0.2) is 9.97 Å². The average molecular weight is 426 g/mol. The molecule has 1 fully saturated rings. The third-order valence-electron chi connectivity index (χ3n) is 5.35. The van der Waals surface area contributed by atoms with Gasteiger partial charge in [-0.15, -0.1) is 0 Å². The van der Waals surface area contributed by atoms with Gasteiger partial charge in [0.1, 0.15) is 11.8 Å².